The second-order valence-corrected chi connectivity index (χ2v) is 4.50. The number of fused-ring (bicyclic) bond motifs is 1. The first-order chi connectivity index (χ1) is 8.72. The average Bonchev–Trinajstić information content (AvgIpc) is 2.79. The van der Waals surface area contributed by atoms with Gasteiger partial charge in [0, 0.05) is 18.1 Å². The Morgan fingerprint density at radius 1 is 1.06 bits per heavy atom. The molecule has 1 N–H and O–H groups in total. The molecule has 0 unspecified atom stereocenters. The van der Waals surface area contributed by atoms with Gasteiger partial charge in [0.1, 0.15) is 5.75 Å². The molecule has 0 amide bonds. The molecule has 18 heavy (non-hydrogen) atoms. The summed E-state index contributed by atoms with van der Waals surface area (Å²) >= 11 is 0. The summed E-state index contributed by atoms with van der Waals surface area (Å²) < 4.78 is 10.5. The molecule has 0 saturated heterocycles. The van der Waals surface area contributed by atoms with Crippen molar-refractivity contribution in [3.8, 4) is 17.2 Å². The molecule has 1 heterocycles. The smallest absolute Gasteiger partial charge is 0.231 e. The van der Waals surface area contributed by atoms with Gasteiger partial charge in [0.05, 0.1) is 0 Å². The minimum atomic E-state index is 0.225. The monoisotopic (exact) mass is 242 g/mol. The molecule has 3 nitrogen and oxygen atoms in total. The highest BCUT2D eigenvalue weighted by molar-refractivity contribution is 5.52. The molecular weight excluding hydrogens is 228 g/mol. The third-order valence-electron chi connectivity index (χ3n) is 3.09. The van der Waals surface area contributed by atoms with Gasteiger partial charge in [-0.15, -0.1) is 0 Å². The molecule has 3 heteroatoms. The van der Waals surface area contributed by atoms with E-state index in [1.807, 2.05) is 6.07 Å². The zero-order valence-electron chi connectivity index (χ0n) is 10.1. The normalized spacial score (nSPS) is 12.7. The molecule has 0 fully saturated rings. The third kappa shape index (κ3) is 1.99. The molecular formula is C15H14O3. The topological polar surface area (TPSA) is 38.7 Å². The van der Waals surface area contributed by atoms with Gasteiger partial charge in [-0.3, -0.25) is 0 Å². The maximum Gasteiger partial charge on any atom is 0.231 e. The first kappa shape index (κ1) is 11.0. The number of rotatable bonds is 2. The van der Waals surface area contributed by atoms with Crippen LogP contribution in [0.15, 0.2) is 36.4 Å². The van der Waals surface area contributed by atoms with Crippen LogP contribution < -0.4 is 9.47 Å². The first-order valence-electron chi connectivity index (χ1n) is 5.89. The lowest BCUT2D eigenvalue weighted by Gasteiger charge is -2.07. The molecule has 0 spiro atoms. The van der Waals surface area contributed by atoms with Crippen molar-refractivity contribution in [2.24, 2.45) is 0 Å². The molecule has 0 saturated carbocycles. The standard InChI is InChI=1S/C15H14O3/c1-10-2-4-11(5-3-10)6-12-7-14-15(8-13(12)16)18-9-17-14/h2-5,7-8,16H,6,9H2,1H3. The zero-order chi connectivity index (χ0) is 12.5. The van der Waals surface area contributed by atoms with Crippen molar-refractivity contribution in [1.82, 2.24) is 0 Å². The number of hydrogen-bond donors (Lipinski definition) is 1. The number of aryl methyl sites for hydroxylation is 1. The fourth-order valence-corrected chi connectivity index (χ4v) is 2.04. The Balaban J connectivity index is 1.90. The van der Waals surface area contributed by atoms with Gasteiger partial charge in [-0.05, 0) is 18.6 Å². The zero-order valence-corrected chi connectivity index (χ0v) is 10.1. The van der Waals surface area contributed by atoms with E-state index in [9.17, 15) is 5.11 Å². The lowest BCUT2D eigenvalue weighted by molar-refractivity contribution is 0.174. The van der Waals surface area contributed by atoms with Crippen LogP contribution in [0.1, 0.15) is 16.7 Å². The first-order valence-corrected chi connectivity index (χ1v) is 5.89. The van der Waals surface area contributed by atoms with E-state index in [-0.39, 0.29) is 12.5 Å². The maximum atomic E-state index is 9.96. The summed E-state index contributed by atoms with van der Waals surface area (Å²) in [5.74, 6) is 1.56. The predicted octanol–water partition coefficient (Wildman–Crippen LogP) is 3.02. The van der Waals surface area contributed by atoms with Crippen molar-refractivity contribution in [2.45, 2.75) is 13.3 Å². The van der Waals surface area contributed by atoms with Crippen molar-refractivity contribution < 1.29 is 14.6 Å². The maximum absolute atomic E-state index is 9.96. The Hall–Kier alpha value is -2.16. The minimum Gasteiger partial charge on any atom is -0.508 e. The molecule has 2 aromatic carbocycles. The van der Waals surface area contributed by atoms with Crippen LogP contribution in [0.2, 0.25) is 0 Å². The van der Waals surface area contributed by atoms with E-state index < -0.39 is 0 Å². The molecule has 92 valence electrons. The van der Waals surface area contributed by atoms with Gasteiger partial charge in [0.25, 0.3) is 0 Å². The Morgan fingerprint density at radius 2 is 1.72 bits per heavy atom. The Kier molecular flexibility index (Phi) is 2.59. The van der Waals surface area contributed by atoms with Crippen LogP contribution in [0.25, 0.3) is 0 Å². The van der Waals surface area contributed by atoms with Crippen LogP contribution in [0.3, 0.4) is 0 Å². The number of benzene rings is 2. The predicted molar refractivity (Wildman–Crippen MR) is 68.2 cm³/mol. The van der Waals surface area contributed by atoms with E-state index in [0.29, 0.717) is 17.9 Å². The van der Waals surface area contributed by atoms with E-state index in [4.69, 9.17) is 9.47 Å². The van der Waals surface area contributed by atoms with Gasteiger partial charge in [-0.1, -0.05) is 29.8 Å². The van der Waals surface area contributed by atoms with Gasteiger partial charge in [-0.25, -0.2) is 0 Å². The highest BCUT2D eigenvalue weighted by Crippen LogP contribution is 2.38. The van der Waals surface area contributed by atoms with Crippen LogP contribution >= 0.6 is 0 Å². The largest absolute Gasteiger partial charge is 0.508 e. The van der Waals surface area contributed by atoms with Crippen LogP contribution in [0.5, 0.6) is 17.2 Å². The Bertz CT molecular complexity index is 573. The Morgan fingerprint density at radius 3 is 2.44 bits per heavy atom. The van der Waals surface area contributed by atoms with E-state index in [1.165, 1.54) is 5.56 Å². The lowest BCUT2D eigenvalue weighted by atomic mass is 10.0. The number of hydrogen-bond acceptors (Lipinski definition) is 3. The van der Waals surface area contributed by atoms with Crippen LogP contribution in [0, 0.1) is 6.92 Å². The summed E-state index contributed by atoms with van der Waals surface area (Å²) in [6.45, 7) is 2.28. The SMILES string of the molecule is Cc1ccc(Cc2cc3c(cc2O)OCO3)cc1. The number of aromatic hydroxyl groups is 1. The van der Waals surface area contributed by atoms with Crippen LogP contribution in [0.4, 0.5) is 0 Å². The van der Waals surface area contributed by atoms with Crippen molar-refractivity contribution in [2.75, 3.05) is 6.79 Å². The van der Waals surface area contributed by atoms with Crippen molar-refractivity contribution in [3.63, 3.8) is 0 Å². The third-order valence-corrected chi connectivity index (χ3v) is 3.09. The van der Waals surface area contributed by atoms with E-state index >= 15 is 0 Å². The highest BCUT2D eigenvalue weighted by atomic mass is 16.7. The summed E-state index contributed by atoms with van der Waals surface area (Å²) in [5.41, 5.74) is 3.24. The average molecular weight is 242 g/mol. The summed E-state index contributed by atoms with van der Waals surface area (Å²) in [6.07, 6.45) is 0.683. The Labute approximate surface area is 106 Å². The van der Waals surface area contributed by atoms with Crippen molar-refractivity contribution in [3.05, 3.63) is 53.1 Å². The molecule has 1 aliphatic heterocycles. The van der Waals surface area contributed by atoms with Crippen molar-refractivity contribution in [1.29, 1.82) is 0 Å². The van der Waals surface area contributed by atoms with Crippen molar-refractivity contribution >= 4 is 0 Å². The van der Waals surface area contributed by atoms with Crippen LogP contribution in [-0.4, -0.2) is 11.9 Å². The van der Waals surface area contributed by atoms with E-state index in [0.717, 1.165) is 11.1 Å². The van der Waals surface area contributed by atoms with E-state index in [1.54, 1.807) is 6.07 Å². The van der Waals surface area contributed by atoms with Gasteiger partial charge in [0.15, 0.2) is 11.5 Å². The minimum absolute atomic E-state index is 0.225. The quantitative estimate of drug-likeness (QED) is 0.879. The fraction of sp³-hybridized carbons (Fsp3) is 0.200. The summed E-state index contributed by atoms with van der Waals surface area (Å²) in [4.78, 5) is 0. The molecule has 0 radical (unpaired) electrons. The molecule has 1 aliphatic rings. The van der Waals surface area contributed by atoms with E-state index in [2.05, 4.69) is 31.2 Å². The van der Waals surface area contributed by atoms with Crippen LogP contribution in [-0.2, 0) is 6.42 Å². The number of phenols is 1. The van der Waals surface area contributed by atoms with Gasteiger partial charge in [0.2, 0.25) is 6.79 Å². The van der Waals surface area contributed by atoms with Gasteiger partial charge >= 0.3 is 0 Å². The molecule has 0 bridgehead atoms. The second kappa shape index (κ2) is 4.26. The molecule has 2 aromatic rings. The number of phenolic OH excluding ortho intramolecular Hbond substituents is 1. The van der Waals surface area contributed by atoms with Gasteiger partial charge < -0.3 is 14.6 Å². The summed E-state index contributed by atoms with van der Waals surface area (Å²) in [5, 5.41) is 9.96. The van der Waals surface area contributed by atoms with Gasteiger partial charge in [-0.2, -0.15) is 0 Å². The highest BCUT2D eigenvalue weighted by Gasteiger charge is 2.16. The molecule has 0 atom stereocenters. The molecule has 3 rings (SSSR count). The number of ether oxygens (including phenoxy) is 2. The second-order valence-electron chi connectivity index (χ2n) is 4.50. The fourth-order valence-electron chi connectivity index (χ4n) is 2.04. The molecule has 0 aromatic heterocycles. The summed E-state index contributed by atoms with van der Waals surface area (Å²) in [7, 11) is 0. The summed E-state index contributed by atoms with van der Waals surface area (Å²) in [6, 6.07) is 11.7. The lowest BCUT2D eigenvalue weighted by Crippen LogP contribution is -1.93. The molecule has 0 aliphatic carbocycles.